The smallest absolute Gasteiger partial charge is 0.409 e. The number of hydrogen-bond donors (Lipinski definition) is 2. The highest BCUT2D eigenvalue weighted by atomic mass is 16.5. The first-order valence-corrected chi connectivity index (χ1v) is 10.6. The Morgan fingerprint density at radius 3 is 2.23 bits per heavy atom. The quantitative estimate of drug-likeness (QED) is 0.759. The average molecular weight is 424 g/mol. The zero-order chi connectivity index (χ0) is 21.0. The number of carbonyl (C=O) groups is 1. The first kappa shape index (κ1) is 18.8. The molecule has 2 unspecified atom stereocenters. The Labute approximate surface area is 179 Å². The molecule has 4 fully saturated rings. The summed E-state index contributed by atoms with van der Waals surface area (Å²) >= 11 is 0. The normalized spacial score (nSPS) is 25.8. The molecule has 162 valence electrons. The minimum Gasteiger partial charge on any atom is -0.465 e. The summed E-state index contributed by atoms with van der Waals surface area (Å²) in [5, 5.41) is 11.3. The molecule has 1 aromatic carbocycles. The minimum atomic E-state index is -1.09. The van der Waals surface area contributed by atoms with Gasteiger partial charge in [0.05, 0.1) is 30.8 Å². The van der Waals surface area contributed by atoms with E-state index in [2.05, 4.69) is 15.1 Å². The van der Waals surface area contributed by atoms with E-state index in [0.717, 1.165) is 57.8 Å². The van der Waals surface area contributed by atoms with Crippen LogP contribution < -0.4 is 15.1 Å². The van der Waals surface area contributed by atoms with Gasteiger partial charge in [-0.2, -0.15) is 15.0 Å². The van der Waals surface area contributed by atoms with Crippen molar-refractivity contribution in [3.63, 3.8) is 0 Å². The van der Waals surface area contributed by atoms with Crippen LogP contribution in [0.3, 0.4) is 0 Å². The van der Waals surface area contributed by atoms with Gasteiger partial charge < -0.3 is 24.4 Å². The number of nitrogens with one attached hydrogen (secondary N) is 1. The number of amides is 1. The zero-order valence-electron chi connectivity index (χ0n) is 17.0. The van der Waals surface area contributed by atoms with E-state index in [9.17, 15) is 4.79 Å². The number of carboxylic acid groups (broad SMARTS) is 1. The molecule has 1 aromatic heterocycles. The Balaban J connectivity index is 1.32. The van der Waals surface area contributed by atoms with Gasteiger partial charge in [0.1, 0.15) is 0 Å². The maximum atomic E-state index is 10.9. The molecule has 10 nitrogen and oxygen atoms in total. The molecule has 6 rings (SSSR count). The van der Waals surface area contributed by atoms with E-state index in [-0.39, 0.29) is 17.6 Å². The van der Waals surface area contributed by atoms with Crippen LogP contribution in [-0.2, 0) is 9.47 Å². The van der Waals surface area contributed by atoms with Crippen molar-refractivity contribution in [2.24, 2.45) is 5.41 Å². The molecule has 31 heavy (non-hydrogen) atoms. The molecule has 2 N–H and O–H groups in total. The first-order valence-electron chi connectivity index (χ1n) is 10.6. The van der Waals surface area contributed by atoms with Gasteiger partial charge in [0.25, 0.3) is 0 Å². The fraction of sp³-hybridized carbons (Fsp3) is 0.524. The molecule has 4 aliphatic rings. The fourth-order valence-electron chi connectivity index (χ4n) is 4.85. The van der Waals surface area contributed by atoms with Crippen molar-refractivity contribution >= 4 is 23.7 Å². The second kappa shape index (κ2) is 7.03. The third-order valence-electron chi connectivity index (χ3n) is 6.48. The largest absolute Gasteiger partial charge is 0.465 e. The lowest BCUT2D eigenvalue weighted by Crippen LogP contribution is -2.66. The number of anilines is 3. The van der Waals surface area contributed by atoms with Crippen LogP contribution in [-0.4, -0.2) is 77.8 Å². The Bertz CT molecular complexity index is 991. The highest BCUT2D eigenvalue weighted by molar-refractivity contribution is 5.83. The molecule has 2 aromatic rings. The van der Waals surface area contributed by atoms with Crippen molar-refractivity contribution in [2.75, 3.05) is 54.5 Å². The van der Waals surface area contributed by atoms with E-state index in [0.29, 0.717) is 23.4 Å². The summed E-state index contributed by atoms with van der Waals surface area (Å²) in [6, 6.07) is 7.08. The predicted molar refractivity (Wildman–Crippen MR) is 112 cm³/mol. The van der Waals surface area contributed by atoms with Gasteiger partial charge in [-0.15, -0.1) is 0 Å². The second-order valence-corrected chi connectivity index (χ2v) is 8.98. The molecule has 1 amide bonds. The number of rotatable bonds is 4. The van der Waals surface area contributed by atoms with E-state index in [1.54, 1.807) is 12.1 Å². The van der Waals surface area contributed by atoms with Gasteiger partial charge in [-0.3, -0.25) is 5.32 Å². The molecule has 5 heterocycles. The van der Waals surface area contributed by atoms with Crippen molar-refractivity contribution in [1.82, 2.24) is 15.0 Å². The number of hydrogen-bond acceptors (Lipinski definition) is 8. The molecular formula is C21H24N6O4. The fourth-order valence-corrected chi connectivity index (χ4v) is 4.85. The summed E-state index contributed by atoms with van der Waals surface area (Å²) in [6.45, 7) is 4.98. The molecule has 0 aliphatic carbocycles. The van der Waals surface area contributed by atoms with Crippen molar-refractivity contribution < 1.29 is 19.4 Å². The number of aromatic nitrogens is 3. The molecule has 1 spiro atoms. The molecule has 0 saturated carbocycles. The molecule has 0 radical (unpaired) electrons. The Kier molecular flexibility index (Phi) is 4.25. The molecule has 2 bridgehead atoms. The molecular weight excluding hydrogens is 400 g/mol. The second-order valence-electron chi connectivity index (χ2n) is 8.98. The lowest BCUT2D eigenvalue weighted by Gasteiger charge is -2.54. The van der Waals surface area contributed by atoms with E-state index in [1.807, 2.05) is 12.1 Å². The van der Waals surface area contributed by atoms with Gasteiger partial charge in [0.2, 0.25) is 11.9 Å². The molecule has 4 aliphatic heterocycles. The highest BCUT2D eigenvalue weighted by Crippen LogP contribution is 2.40. The van der Waals surface area contributed by atoms with Gasteiger partial charge in [-0.25, -0.2) is 4.79 Å². The topological polar surface area (TPSA) is 113 Å². The van der Waals surface area contributed by atoms with Crippen LogP contribution in [0, 0.1) is 5.41 Å². The number of benzene rings is 1. The van der Waals surface area contributed by atoms with Crippen molar-refractivity contribution in [1.29, 1.82) is 0 Å². The van der Waals surface area contributed by atoms with Gasteiger partial charge in [0.15, 0.2) is 5.82 Å². The number of nitrogens with zero attached hydrogens (tertiary/aromatic N) is 5. The Hall–Kier alpha value is -2.98. The van der Waals surface area contributed by atoms with E-state index in [4.69, 9.17) is 29.5 Å². The monoisotopic (exact) mass is 424 g/mol. The summed E-state index contributed by atoms with van der Waals surface area (Å²) in [5.74, 6) is 1.95. The Morgan fingerprint density at radius 2 is 1.65 bits per heavy atom. The van der Waals surface area contributed by atoms with Gasteiger partial charge >= 0.3 is 6.09 Å². The number of morpholine rings is 1. The number of ether oxygens (including phenoxy) is 2. The standard InChI is InChI=1S/C21H24N6O4/c28-20(29)22-14-3-1-13(2-4-14)17-23-18(26-7-15-5-6-16(8-26)31-15)25-19(24-17)27-9-21(10-27)11-30-12-21/h1-4,15-16,22H,5-12H2,(H,28,29). The maximum absolute atomic E-state index is 10.9. The van der Waals surface area contributed by atoms with Crippen LogP contribution >= 0.6 is 0 Å². The van der Waals surface area contributed by atoms with E-state index >= 15 is 0 Å². The summed E-state index contributed by atoms with van der Waals surface area (Å²) in [7, 11) is 0. The van der Waals surface area contributed by atoms with Crippen LogP contribution in [0.4, 0.5) is 22.4 Å². The van der Waals surface area contributed by atoms with E-state index < -0.39 is 6.09 Å². The zero-order valence-corrected chi connectivity index (χ0v) is 17.0. The predicted octanol–water partition coefficient (Wildman–Crippen LogP) is 1.83. The van der Waals surface area contributed by atoms with Gasteiger partial charge in [-0.05, 0) is 37.1 Å². The van der Waals surface area contributed by atoms with Crippen LogP contribution in [0.2, 0.25) is 0 Å². The lowest BCUT2D eigenvalue weighted by atomic mass is 9.78. The summed E-state index contributed by atoms with van der Waals surface area (Å²) in [6.07, 6.45) is 1.55. The summed E-state index contributed by atoms with van der Waals surface area (Å²) < 4.78 is 11.4. The Morgan fingerprint density at radius 1 is 1.00 bits per heavy atom. The lowest BCUT2D eigenvalue weighted by molar-refractivity contribution is -0.127. The minimum absolute atomic E-state index is 0.239. The highest BCUT2D eigenvalue weighted by Gasteiger charge is 2.50. The first-order chi connectivity index (χ1) is 15.1. The molecule has 4 saturated heterocycles. The van der Waals surface area contributed by atoms with E-state index in [1.165, 1.54) is 0 Å². The van der Waals surface area contributed by atoms with Crippen LogP contribution in [0.1, 0.15) is 12.8 Å². The SMILES string of the molecule is O=C(O)Nc1ccc(-c2nc(N3CC4CCC(C3)O4)nc(N3CC4(COC4)C3)n2)cc1. The van der Waals surface area contributed by atoms with Crippen molar-refractivity contribution in [2.45, 2.75) is 25.0 Å². The van der Waals surface area contributed by atoms with Crippen LogP contribution in [0.5, 0.6) is 0 Å². The van der Waals surface area contributed by atoms with Crippen molar-refractivity contribution in [3.05, 3.63) is 24.3 Å². The van der Waals surface area contributed by atoms with Gasteiger partial charge in [-0.1, -0.05) is 0 Å². The van der Waals surface area contributed by atoms with Gasteiger partial charge in [0, 0.05) is 37.4 Å². The van der Waals surface area contributed by atoms with Crippen LogP contribution in [0.25, 0.3) is 11.4 Å². The average Bonchev–Trinajstić information content (AvgIpc) is 3.03. The summed E-state index contributed by atoms with van der Waals surface area (Å²) in [4.78, 5) is 29.6. The third kappa shape index (κ3) is 3.45. The van der Waals surface area contributed by atoms with Crippen molar-refractivity contribution in [3.8, 4) is 11.4 Å². The molecule has 10 heteroatoms. The number of fused-ring (bicyclic) bond motifs is 2. The molecule has 2 atom stereocenters. The van der Waals surface area contributed by atoms with Crippen LogP contribution in [0.15, 0.2) is 24.3 Å². The maximum Gasteiger partial charge on any atom is 0.409 e. The summed E-state index contributed by atoms with van der Waals surface area (Å²) in [5.41, 5.74) is 1.58. The third-order valence-corrected chi connectivity index (χ3v) is 6.48.